The van der Waals surface area contributed by atoms with Gasteiger partial charge in [-0.25, -0.2) is 4.98 Å². The fourth-order valence-corrected chi connectivity index (χ4v) is 5.48. The molecule has 0 N–H and O–H groups in total. The van der Waals surface area contributed by atoms with Crippen molar-refractivity contribution in [2.75, 3.05) is 0 Å². The van der Waals surface area contributed by atoms with Crippen LogP contribution in [0.5, 0.6) is 0 Å². The van der Waals surface area contributed by atoms with Gasteiger partial charge < -0.3 is 4.57 Å². The lowest BCUT2D eigenvalue weighted by molar-refractivity contribution is 0.867. The van der Waals surface area contributed by atoms with Crippen molar-refractivity contribution in [3.05, 3.63) is 114 Å². The van der Waals surface area contributed by atoms with Crippen LogP contribution in [0.3, 0.4) is 0 Å². The highest BCUT2D eigenvalue weighted by Gasteiger charge is 2.17. The van der Waals surface area contributed by atoms with Gasteiger partial charge in [0.1, 0.15) is 13.7 Å². The maximum absolute atomic E-state index is 5.02. The second-order valence-corrected chi connectivity index (χ2v) is 9.53. The first-order valence-electron chi connectivity index (χ1n) is 12.1. The Morgan fingerprint density at radius 1 is 0.657 bits per heavy atom. The molecule has 7 aromatic rings. The summed E-state index contributed by atoms with van der Waals surface area (Å²) >= 11 is 0. The molecule has 0 aliphatic rings. The summed E-state index contributed by atoms with van der Waals surface area (Å²) in [6.07, 6.45) is 2.05. The molecule has 0 spiro atoms. The van der Waals surface area contributed by atoms with E-state index in [9.17, 15) is 0 Å². The Morgan fingerprint density at radius 3 is 2.34 bits per heavy atom. The van der Waals surface area contributed by atoms with E-state index in [0.717, 1.165) is 12.4 Å². The molecule has 0 aliphatic carbocycles. The number of nitrogens with zero attached hydrogens (tertiary/aromatic N) is 3. The van der Waals surface area contributed by atoms with Gasteiger partial charge in [-0.1, -0.05) is 78.3 Å². The summed E-state index contributed by atoms with van der Waals surface area (Å²) in [7, 11) is 2.16. The Kier molecular flexibility index (Phi) is 4.37. The molecule has 3 aromatic heterocycles. The van der Waals surface area contributed by atoms with Crippen LogP contribution in [-0.4, -0.2) is 22.0 Å². The Bertz CT molecular complexity index is 1890. The quantitative estimate of drug-likeness (QED) is 0.308. The van der Waals surface area contributed by atoms with Crippen molar-refractivity contribution in [2.24, 2.45) is 0 Å². The molecule has 7 rings (SSSR count). The molecule has 166 valence electrons. The summed E-state index contributed by atoms with van der Waals surface area (Å²) in [5.41, 5.74) is 8.63. The maximum Gasteiger partial charge on any atom is 0.139 e. The molecule has 0 unspecified atom stereocenters. The van der Waals surface area contributed by atoms with Crippen molar-refractivity contribution >= 4 is 56.9 Å². The normalized spacial score (nSPS) is 11.8. The van der Waals surface area contributed by atoms with Crippen LogP contribution in [0.1, 0.15) is 11.1 Å². The molecule has 4 heteroatoms. The van der Waals surface area contributed by atoms with E-state index in [0.29, 0.717) is 0 Å². The van der Waals surface area contributed by atoms with Crippen molar-refractivity contribution in [1.29, 1.82) is 0 Å². The molecule has 0 bridgehead atoms. The second kappa shape index (κ2) is 7.61. The predicted octanol–water partition coefficient (Wildman–Crippen LogP) is 5.90. The third-order valence-corrected chi connectivity index (χ3v) is 7.13. The fraction of sp³-hybridized carbons (Fsp3) is 0.0645. The number of para-hydroxylation sites is 1. The van der Waals surface area contributed by atoms with Gasteiger partial charge in [0.15, 0.2) is 0 Å². The van der Waals surface area contributed by atoms with Crippen molar-refractivity contribution < 1.29 is 0 Å². The molecular formula is C31H24BN3. The van der Waals surface area contributed by atoms with E-state index in [-0.39, 0.29) is 0 Å². The summed E-state index contributed by atoms with van der Waals surface area (Å²) in [5, 5.41) is 4.96. The zero-order valence-electron chi connectivity index (χ0n) is 19.9. The molecule has 0 aliphatic heterocycles. The summed E-state index contributed by atoms with van der Waals surface area (Å²) in [4.78, 5) is 5.02. The zero-order chi connectivity index (χ0) is 23.5. The van der Waals surface area contributed by atoms with Gasteiger partial charge in [0.25, 0.3) is 0 Å². The molecule has 3 nitrogen and oxygen atoms in total. The molecule has 0 saturated carbocycles. The zero-order valence-corrected chi connectivity index (χ0v) is 19.9. The molecule has 0 saturated heterocycles. The second-order valence-electron chi connectivity index (χ2n) is 9.53. The Labute approximate surface area is 204 Å². The smallest absolute Gasteiger partial charge is 0.139 e. The summed E-state index contributed by atoms with van der Waals surface area (Å²) in [6, 6.07) is 35.0. The lowest BCUT2D eigenvalue weighted by Gasteiger charge is -2.11. The first-order valence-corrected chi connectivity index (χ1v) is 12.1. The molecule has 0 amide bonds. The van der Waals surface area contributed by atoms with Crippen molar-refractivity contribution in [3.8, 4) is 5.82 Å². The minimum Gasteiger partial charge on any atom is -0.336 e. The summed E-state index contributed by atoms with van der Waals surface area (Å²) in [6.45, 7) is 2.97. The standard InChI is InChI=1S/C31H24BN3/c1-20-11-13-24-25-16-22(32)12-14-28(25)35(30(24)15-20)31-17-29-26(18-33-31)23-9-5-6-10-27(23)34(29)19-21-7-3-2-4-8-21/h2-18H,19,32H2,1H3. The Morgan fingerprint density at radius 2 is 1.46 bits per heavy atom. The number of pyridine rings is 1. The van der Waals surface area contributed by atoms with Crippen LogP contribution in [0.25, 0.3) is 49.4 Å². The van der Waals surface area contributed by atoms with E-state index >= 15 is 0 Å². The van der Waals surface area contributed by atoms with Gasteiger partial charge in [-0.05, 0) is 36.2 Å². The summed E-state index contributed by atoms with van der Waals surface area (Å²) in [5.74, 6) is 0.948. The van der Waals surface area contributed by atoms with E-state index in [2.05, 4.69) is 127 Å². The minimum absolute atomic E-state index is 0.819. The van der Waals surface area contributed by atoms with Crippen molar-refractivity contribution in [3.63, 3.8) is 0 Å². The SMILES string of the molecule is Bc1ccc2c(c1)c1ccc(C)cc1n2-c1cc2c(cn1)c1ccccc1n2Cc1ccccc1. The fourth-order valence-electron chi connectivity index (χ4n) is 5.48. The molecular weight excluding hydrogens is 425 g/mol. The van der Waals surface area contributed by atoms with Crippen LogP contribution in [-0.2, 0) is 6.54 Å². The van der Waals surface area contributed by atoms with Gasteiger partial charge in [-0.2, -0.15) is 0 Å². The first kappa shape index (κ1) is 20.1. The van der Waals surface area contributed by atoms with Gasteiger partial charge >= 0.3 is 0 Å². The number of aromatic nitrogens is 3. The first-order chi connectivity index (χ1) is 17.2. The average Bonchev–Trinajstić information content (AvgIpc) is 3.36. The molecule has 0 radical (unpaired) electrons. The van der Waals surface area contributed by atoms with Crippen LogP contribution < -0.4 is 5.46 Å². The third-order valence-electron chi connectivity index (χ3n) is 7.13. The van der Waals surface area contributed by atoms with Gasteiger partial charge in [0.2, 0.25) is 0 Å². The van der Waals surface area contributed by atoms with Crippen LogP contribution in [0.15, 0.2) is 103 Å². The highest BCUT2D eigenvalue weighted by Crippen LogP contribution is 2.34. The van der Waals surface area contributed by atoms with Gasteiger partial charge in [0, 0.05) is 45.9 Å². The molecule has 4 aromatic carbocycles. The van der Waals surface area contributed by atoms with Crippen molar-refractivity contribution in [1.82, 2.24) is 14.1 Å². The molecule has 35 heavy (non-hydrogen) atoms. The number of benzene rings is 4. The number of aryl methyl sites for hydroxylation is 1. The monoisotopic (exact) mass is 449 g/mol. The Balaban J connectivity index is 1.55. The van der Waals surface area contributed by atoms with Gasteiger partial charge in [0.05, 0.1) is 16.6 Å². The number of fused-ring (bicyclic) bond motifs is 6. The number of hydrogen-bond acceptors (Lipinski definition) is 1. The number of hydrogen-bond donors (Lipinski definition) is 0. The lowest BCUT2D eigenvalue weighted by atomic mass is 9.94. The highest BCUT2D eigenvalue weighted by molar-refractivity contribution is 6.34. The average molecular weight is 449 g/mol. The predicted molar refractivity (Wildman–Crippen MR) is 150 cm³/mol. The van der Waals surface area contributed by atoms with E-state index in [1.807, 2.05) is 0 Å². The highest BCUT2D eigenvalue weighted by atomic mass is 15.1. The van der Waals surface area contributed by atoms with Crippen LogP contribution >= 0.6 is 0 Å². The van der Waals surface area contributed by atoms with Gasteiger partial charge in [-0.3, -0.25) is 4.57 Å². The topological polar surface area (TPSA) is 22.8 Å². The maximum atomic E-state index is 5.02. The van der Waals surface area contributed by atoms with Crippen LogP contribution in [0.2, 0.25) is 0 Å². The van der Waals surface area contributed by atoms with Crippen molar-refractivity contribution in [2.45, 2.75) is 13.5 Å². The third kappa shape index (κ3) is 3.10. The molecule has 0 atom stereocenters. The van der Waals surface area contributed by atoms with Crippen LogP contribution in [0, 0.1) is 6.92 Å². The van der Waals surface area contributed by atoms with E-state index < -0.39 is 0 Å². The minimum atomic E-state index is 0.819. The largest absolute Gasteiger partial charge is 0.336 e. The molecule has 3 heterocycles. The Hall–Kier alpha value is -4.31. The molecule has 0 fully saturated rings. The summed E-state index contributed by atoms with van der Waals surface area (Å²) < 4.78 is 4.75. The van der Waals surface area contributed by atoms with Gasteiger partial charge in [-0.15, -0.1) is 0 Å². The van der Waals surface area contributed by atoms with Crippen LogP contribution in [0.4, 0.5) is 0 Å². The van der Waals surface area contributed by atoms with E-state index in [1.54, 1.807) is 0 Å². The van der Waals surface area contributed by atoms with E-state index in [1.165, 1.54) is 60.2 Å². The number of rotatable bonds is 3. The van der Waals surface area contributed by atoms with E-state index in [4.69, 9.17) is 4.98 Å². The lowest BCUT2D eigenvalue weighted by Crippen LogP contribution is -2.03.